The number of piperidine rings is 1. The number of nitro groups is 1. The number of carbonyl (C=O) groups excluding carboxylic acids is 2. The smallest absolute Gasteiger partial charge is 0.341 e. The molecule has 0 bridgehead atoms. The van der Waals surface area contributed by atoms with E-state index in [0.29, 0.717) is 31.2 Å². The summed E-state index contributed by atoms with van der Waals surface area (Å²) in [5.74, 6) is -0.601. The zero-order valence-corrected chi connectivity index (χ0v) is 16.9. The summed E-state index contributed by atoms with van der Waals surface area (Å²) in [5.41, 5.74) is 1.21. The van der Waals surface area contributed by atoms with Crippen LogP contribution in [0.3, 0.4) is 0 Å². The standard InChI is InChI=1S/C22H25N3O5/c1-16-6-5-11-24(14-16)21(26)15-30-22(27)19-12-18(25(28)29)9-10-20(19)23-13-17-7-3-2-4-8-17/h2-4,7-10,12,16,23H,5-6,11,13-15H2,1H3/t16-/m1/s1. The van der Waals surface area contributed by atoms with Gasteiger partial charge >= 0.3 is 5.97 Å². The van der Waals surface area contributed by atoms with Crippen LogP contribution in [-0.2, 0) is 16.1 Å². The maximum atomic E-state index is 12.6. The SMILES string of the molecule is C[C@@H]1CCCN(C(=O)COC(=O)c2cc([N+](=O)[O-])ccc2NCc2ccccc2)C1. The number of carbonyl (C=O) groups is 2. The van der Waals surface area contributed by atoms with Gasteiger partial charge in [-0.15, -0.1) is 0 Å². The lowest BCUT2D eigenvalue weighted by Gasteiger charge is -2.30. The Morgan fingerprint density at radius 1 is 1.23 bits per heavy atom. The summed E-state index contributed by atoms with van der Waals surface area (Å²) in [5, 5.41) is 14.3. The first-order chi connectivity index (χ1) is 14.4. The predicted molar refractivity (Wildman–Crippen MR) is 112 cm³/mol. The maximum absolute atomic E-state index is 12.6. The van der Waals surface area contributed by atoms with Crippen molar-refractivity contribution in [3.8, 4) is 0 Å². The Labute approximate surface area is 175 Å². The van der Waals surface area contributed by atoms with Crippen molar-refractivity contribution in [3.05, 3.63) is 69.8 Å². The highest BCUT2D eigenvalue weighted by Crippen LogP contribution is 2.24. The van der Waals surface area contributed by atoms with E-state index in [-0.39, 0.29) is 23.8 Å². The molecule has 1 fully saturated rings. The molecule has 1 heterocycles. The van der Waals surface area contributed by atoms with E-state index in [0.717, 1.165) is 18.4 Å². The molecule has 1 aliphatic rings. The van der Waals surface area contributed by atoms with Crippen LogP contribution < -0.4 is 5.32 Å². The Hall–Kier alpha value is -3.42. The number of esters is 1. The molecule has 3 rings (SSSR count). The number of nitrogens with zero attached hydrogens (tertiary/aromatic N) is 2. The lowest BCUT2D eigenvalue weighted by atomic mass is 10.0. The number of likely N-dealkylation sites (tertiary alicyclic amines) is 1. The number of anilines is 1. The van der Waals surface area contributed by atoms with Crippen molar-refractivity contribution in [3.63, 3.8) is 0 Å². The van der Waals surface area contributed by atoms with E-state index >= 15 is 0 Å². The summed E-state index contributed by atoms with van der Waals surface area (Å²) in [4.78, 5) is 37.3. The average molecular weight is 411 g/mol. The topological polar surface area (TPSA) is 102 Å². The fourth-order valence-corrected chi connectivity index (χ4v) is 3.47. The van der Waals surface area contributed by atoms with Crippen molar-refractivity contribution >= 4 is 23.3 Å². The quantitative estimate of drug-likeness (QED) is 0.424. The third-order valence-electron chi connectivity index (χ3n) is 5.10. The number of nitro benzene ring substituents is 1. The van der Waals surface area contributed by atoms with Crippen LogP contribution in [0.4, 0.5) is 11.4 Å². The van der Waals surface area contributed by atoms with E-state index in [1.807, 2.05) is 30.3 Å². The Bertz CT molecular complexity index is 916. The Kier molecular flexibility index (Phi) is 7.00. The van der Waals surface area contributed by atoms with Crippen LogP contribution in [0.5, 0.6) is 0 Å². The third-order valence-corrected chi connectivity index (χ3v) is 5.10. The van der Waals surface area contributed by atoms with Gasteiger partial charge in [0.15, 0.2) is 6.61 Å². The molecular formula is C22H25N3O5. The second-order valence-electron chi connectivity index (χ2n) is 7.49. The highest BCUT2D eigenvalue weighted by atomic mass is 16.6. The Balaban J connectivity index is 1.69. The number of ether oxygens (including phenoxy) is 1. The minimum atomic E-state index is -0.771. The van der Waals surface area contributed by atoms with Crippen molar-refractivity contribution in [1.29, 1.82) is 0 Å². The Morgan fingerprint density at radius 2 is 2.00 bits per heavy atom. The molecule has 0 unspecified atom stereocenters. The zero-order chi connectivity index (χ0) is 21.5. The molecule has 158 valence electrons. The molecule has 1 saturated heterocycles. The molecule has 1 N–H and O–H groups in total. The first-order valence-electron chi connectivity index (χ1n) is 9.95. The van der Waals surface area contributed by atoms with Crippen LogP contribution in [0.2, 0.25) is 0 Å². The normalized spacial score (nSPS) is 16.0. The largest absolute Gasteiger partial charge is 0.452 e. The fourth-order valence-electron chi connectivity index (χ4n) is 3.47. The van der Waals surface area contributed by atoms with Crippen molar-refractivity contribution in [2.75, 3.05) is 25.0 Å². The second-order valence-corrected chi connectivity index (χ2v) is 7.49. The van der Waals surface area contributed by atoms with Gasteiger partial charge in [0.05, 0.1) is 10.5 Å². The van der Waals surface area contributed by atoms with E-state index in [1.165, 1.54) is 18.2 Å². The molecular weight excluding hydrogens is 386 g/mol. The summed E-state index contributed by atoms with van der Waals surface area (Å²) in [6, 6.07) is 13.5. The van der Waals surface area contributed by atoms with Crippen LogP contribution in [-0.4, -0.2) is 41.4 Å². The number of hydrogen-bond acceptors (Lipinski definition) is 6. The number of benzene rings is 2. The molecule has 2 aromatic rings. The molecule has 0 aliphatic carbocycles. The summed E-state index contributed by atoms with van der Waals surface area (Å²) in [6.07, 6.45) is 2.01. The van der Waals surface area contributed by atoms with Crippen LogP contribution in [0.1, 0.15) is 35.7 Å². The van der Waals surface area contributed by atoms with Gasteiger partial charge in [-0.25, -0.2) is 4.79 Å². The third kappa shape index (κ3) is 5.56. The zero-order valence-electron chi connectivity index (χ0n) is 16.9. The van der Waals surface area contributed by atoms with Gasteiger partial charge in [-0.2, -0.15) is 0 Å². The molecule has 0 saturated carbocycles. The lowest BCUT2D eigenvalue weighted by molar-refractivity contribution is -0.384. The molecule has 30 heavy (non-hydrogen) atoms. The van der Waals surface area contributed by atoms with Crippen LogP contribution in [0.15, 0.2) is 48.5 Å². The van der Waals surface area contributed by atoms with E-state index < -0.39 is 10.9 Å². The molecule has 1 atom stereocenters. The van der Waals surface area contributed by atoms with Crippen molar-refractivity contribution in [2.45, 2.75) is 26.3 Å². The van der Waals surface area contributed by atoms with Crippen LogP contribution >= 0.6 is 0 Å². The highest BCUT2D eigenvalue weighted by Gasteiger charge is 2.23. The number of amides is 1. The lowest BCUT2D eigenvalue weighted by Crippen LogP contribution is -2.41. The van der Waals surface area contributed by atoms with Gasteiger partial charge in [-0.05, 0) is 30.4 Å². The summed E-state index contributed by atoms with van der Waals surface area (Å²) >= 11 is 0. The monoisotopic (exact) mass is 411 g/mol. The minimum Gasteiger partial charge on any atom is -0.452 e. The summed E-state index contributed by atoms with van der Waals surface area (Å²) in [6.45, 7) is 3.44. The second kappa shape index (κ2) is 9.87. The van der Waals surface area contributed by atoms with Gasteiger partial charge in [-0.3, -0.25) is 14.9 Å². The molecule has 1 aliphatic heterocycles. The van der Waals surface area contributed by atoms with Gasteiger partial charge in [0.2, 0.25) is 0 Å². The summed E-state index contributed by atoms with van der Waals surface area (Å²) in [7, 11) is 0. The average Bonchev–Trinajstić information content (AvgIpc) is 2.76. The number of hydrogen-bond donors (Lipinski definition) is 1. The minimum absolute atomic E-state index is 0.0277. The number of rotatable bonds is 7. The number of non-ortho nitro benzene ring substituents is 1. The van der Waals surface area contributed by atoms with E-state index in [9.17, 15) is 19.7 Å². The predicted octanol–water partition coefficient (Wildman–Crippen LogP) is 3.62. The summed E-state index contributed by atoms with van der Waals surface area (Å²) < 4.78 is 5.21. The molecule has 8 heteroatoms. The number of nitrogens with one attached hydrogen (secondary N) is 1. The first-order valence-corrected chi connectivity index (χ1v) is 9.95. The molecule has 1 amide bonds. The fraction of sp³-hybridized carbons (Fsp3) is 0.364. The van der Waals surface area contributed by atoms with E-state index in [1.54, 1.807) is 4.90 Å². The first kappa shape index (κ1) is 21.3. The van der Waals surface area contributed by atoms with E-state index in [2.05, 4.69) is 12.2 Å². The molecule has 8 nitrogen and oxygen atoms in total. The molecule has 0 aromatic heterocycles. The van der Waals surface area contributed by atoms with Crippen molar-refractivity contribution in [1.82, 2.24) is 4.90 Å². The van der Waals surface area contributed by atoms with Gasteiger partial charge < -0.3 is 15.0 Å². The molecule has 2 aromatic carbocycles. The van der Waals surface area contributed by atoms with Crippen molar-refractivity contribution < 1.29 is 19.2 Å². The van der Waals surface area contributed by atoms with E-state index in [4.69, 9.17) is 4.74 Å². The van der Waals surface area contributed by atoms with Crippen molar-refractivity contribution in [2.24, 2.45) is 5.92 Å². The molecule has 0 spiro atoms. The van der Waals surface area contributed by atoms with Gasteiger partial charge in [0.25, 0.3) is 11.6 Å². The maximum Gasteiger partial charge on any atom is 0.341 e. The highest BCUT2D eigenvalue weighted by molar-refractivity contribution is 5.97. The van der Waals surface area contributed by atoms with Crippen LogP contribution in [0, 0.1) is 16.0 Å². The van der Waals surface area contributed by atoms with Gasteiger partial charge in [0, 0.05) is 37.5 Å². The molecule has 0 radical (unpaired) electrons. The Morgan fingerprint density at radius 3 is 2.70 bits per heavy atom. The van der Waals surface area contributed by atoms with Gasteiger partial charge in [-0.1, -0.05) is 37.3 Å². The van der Waals surface area contributed by atoms with Gasteiger partial charge in [0.1, 0.15) is 0 Å². The van der Waals surface area contributed by atoms with Crippen LogP contribution in [0.25, 0.3) is 0 Å².